The molecule has 1 atom stereocenters. The van der Waals surface area contributed by atoms with E-state index in [1.165, 1.54) is 37.2 Å². The van der Waals surface area contributed by atoms with E-state index in [4.69, 9.17) is 23.2 Å². The Hall–Kier alpha value is -3.18. The summed E-state index contributed by atoms with van der Waals surface area (Å²) in [6.07, 6.45) is 3.79. The number of nitrogens with one attached hydrogen (secondary N) is 1. The van der Waals surface area contributed by atoms with Crippen LogP contribution < -0.4 is 9.62 Å². The molecule has 0 radical (unpaired) electrons. The van der Waals surface area contributed by atoms with Crippen LogP contribution in [-0.4, -0.2) is 62.2 Å². The second kappa shape index (κ2) is 14.5. The molecule has 230 valence electrons. The molecule has 4 rings (SSSR count). The lowest BCUT2D eigenvalue weighted by atomic mass is 10.0. The Labute approximate surface area is 262 Å². The van der Waals surface area contributed by atoms with E-state index in [9.17, 15) is 22.4 Å². The first kappa shape index (κ1) is 32.7. The number of hydrogen-bond acceptors (Lipinski definition) is 4. The SMILES string of the molecule is CN(C)S(=O)(=O)N(CC(=O)N(Cc1c(Cl)cccc1Cl)C(Cc1ccccc1)C(=O)NC1CCCC1)c1ccccc1F. The molecule has 3 aromatic carbocycles. The highest BCUT2D eigenvalue weighted by molar-refractivity contribution is 7.90. The molecule has 0 saturated heterocycles. The van der Waals surface area contributed by atoms with Crippen molar-refractivity contribution < 1.29 is 22.4 Å². The van der Waals surface area contributed by atoms with Crippen LogP contribution in [-0.2, 0) is 32.8 Å². The molecule has 0 aromatic heterocycles. The van der Waals surface area contributed by atoms with E-state index in [0.29, 0.717) is 9.87 Å². The lowest BCUT2D eigenvalue weighted by Gasteiger charge is -2.35. The fourth-order valence-electron chi connectivity index (χ4n) is 5.13. The zero-order chi connectivity index (χ0) is 31.1. The first-order chi connectivity index (χ1) is 20.5. The third-order valence-corrected chi connectivity index (χ3v) is 10.0. The summed E-state index contributed by atoms with van der Waals surface area (Å²) in [7, 11) is -1.74. The predicted molar refractivity (Wildman–Crippen MR) is 168 cm³/mol. The van der Waals surface area contributed by atoms with Crippen LogP contribution in [0.5, 0.6) is 0 Å². The van der Waals surface area contributed by atoms with Crippen molar-refractivity contribution in [2.45, 2.75) is 50.7 Å². The number of carbonyl (C=O) groups excluding carboxylic acids is 2. The number of para-hydroxylation sites is 1. The van der Waals surface area contributed by atoms with E-state index >= 15 is 0 Å². The van der Waals surface area contributed by atoms with Gasteiger partial charge in [-0.25, -0.2) is 8.70 Å². The Morgan fingerprint density at radius 1 is 0.930 bits per heavy atom. The molecule has 2 amide bonds. The van der Waals surface area contributed by atoms with Gasteiger partial charge >= 0.3 is 10.2 Å². The van der Waals surface area contributed by atoms with Crippen molar-refractivity contribution in [3.8, 4) is 0 Å². The Kier molecular flexibility index (Phi) is 11.1. The molecule has 0 aliphatic heterocycles. The van der Waals surface area contributed by atoms with Gasteiger partial charge in [-0.15, -0.1) is 0 Å². The summed E-state index contributed by atoms with van der Waals surface area (Å²) in [6.45, 7) is -0.953. The van der Waals surface area contributed by atoms with Gasteiger partial charge in [0.2, 0.25) is 11.8 Å². The summed E-state index contributed by atoms with van der Waals surface area (Å²) in [5.41, 5.74) is 0.901. The molecule has 1 fully saturated rings. The summed E-state index contributed by atoms with van der Waals surface area (Å²) >= 11 is 13.0. The van der Waals surface area contributed by atoms with Gasteiger partial charge in [0.15, 0.2) is 0 Å². The number of amides is 2. The van der Waals surface area contributed by atoms with Crippen molar-refractivity contribution in [3.63, 3.8) is 0 Å². The van der Waals surface area contributed by atoms with Gasteiger partial charge < -0.3 is 10.2 Å². The fraction of sp³-hybridized carbons (Fsp3) is 0.355. The molecule has 0 heterocycles. The van der Waals surface area contributed by atoms with E-state index in [-0.39, 0.29) is 40.6 Å². The molecule has 8 nitrogen and oxygen atoms in total. The summed E-state index contributed by atoms with van der Waals surface area (Å²) in [5, 5.41) is 3.66. The molecule has 1 aliphatic carbocycles. The molecule has 0 spiro atoms. The average molecular weight is 650 g/mol. The first-order valence-electron chi connectivity index (χ1n) is 14.0. The second-order valence-electron chi connectivity index (χ2n) is 10.7. The summed E-state index contributed by atoms with van der Waals surface area (Å²) in [5.74, 6) is -1.92. The van der Waals surface area contributed by atoms with E-state index in [2.05, 4.69) is 5.32 Å². The predicted octanol–water partition coefficient (Wildman–Crippen LogP) is 5.44. The number of halogens is 3. The highest BCUT2D eigenvalue weighted by Crippen LogP contribution is 2.29. The molecule has 1 aliphatic rings. The van der Waals surface area contributed by atoms with Crippen LogP contribution >= 0.6 is 23.2 Å². The van der Waals surface area contributed by atoms with Crippen LogP contribution in [0.25, 0.3) is 0 Å². The Balaban J connectivity index is 1.80. The van der Waals surface area contributed by atoms with E-state index in [0.717, 1.165) is 41.6 Å². The largest absolute Gasteiger partial charge is 0.352 e. The number of benzene rings is 3. The van der Waals surface area contributed by atoms with Crippen LogP contribution in [0.2, 0.25) is 10.0 Å². The maximum atomic E-state index is 15.0. The third-order valence-electron chi connectivity index (χ3n) is 7.50. The minimum atomic E-state index is -4.33. The molecule has 3 aromatic rings. The minimum absolute atomic E-state index is 0.0318. The number of rotatable bonds is 12. The smallest absolute Gasteiger partial charge is 0.304 e. The Morgan fingerprint density at radius 2 is 1.53 bits per heavy atom. The topological polar surface area (TPSA) is 90.0 Å². The van der Waals surface area contributed by atoms with Gasteiger partial charge in [-0.1, -0.05) is 84.6 Å². The number of anilines is 1. The summed E-state index contributed by atoms with van der Waals surface area (Å²) in [4.78, 5) is 29.6. The highest BCUT2D eigenvalue weighted by atomic mass is 35.5. The van der Waals surface area contributed by atoms with Crippen molar-refractivity contribution in [2.24, 2.45) is 0 Å². The molecule has 1 N–H and O–H groups in total. The van der Waals surface area contributed by atoms with Crippen molar-refractivity contribution in [2.75, 3.05) is 24.9 Å². The van der Waals surface area contributed by atoms with Crippen LogP contribution in [0, 0.1) is 5.82 Å². The maximum absolute atomic E-state index is 15.0. The molecule has 0 bridgehead atoms. The zero-order valence-electron chi connectivity index (χ0n) is 24.0. The molecule has 1 unspecified atom stereocenters. The first-order valence-corrected chi connectivity index (χ1v) is 16.2. The Bertz CT molecular complexity index is 1520. The van der Waals surface area contributed by atoms with Gasteiger partial charge in [-0.05, 0) is 42.7 Å². The molecular formula is C31H35Cl2FN4O4S. The number of carbonyl (C=O) groups is 2. The van der Waals surface area contributed by atoms with Crippen molar-refractivity contribution >= 4 is 50.9 Å². The summed E-state index contributed by atoms with van der Waals surface area (Å²) < 4.78 is 43.4. The molecule has 12 heteroatoms. The van der Waals surface area contributed by atoms with Crippen molar-refractivity contribution in [1.29, 1.82) is 0 Å². The monoisotopic (exact) mass is 648 g/mol. The highest BCUT2D eigenvalue weighted by Gasteiger charge is 2.36. The minimum Gasteiger partial charge on any atom is -0.352 e. The van der Waals surface area contributed by atoms with E-state index in [1.807, 2.05) is 30.3 Å². The quantitative estimate of drug-likeness (QED) is 0.283. The van der Waals surface area contributed by atoms with Gasteiger partial charge in [-0.3, -0.25) is 9.59 Å². The van der Waals surface area contributed by atoms with Crippen LogP contribution in [0.15, 0.2) is 72.8 Å². The molecule has 1 saturated carbocycles. The van der Waals surface area contributed by atoms with Crippen LogP contribution in [0.4, 0.5) is 10.1 Å². The zero-order valence-corrected chi connectivity index (χ0v) is 26.4. The van der Waals surface area contributed by atoms with E-state index in [1.54, 1.807) is 18.2 Å². The number of hydrogen-bond donors (Lipinski definition) is 1. The molecule has 43 heavy (non-hydrogen) atoms. The maximum Gasteiger partial charge on any atom is 0.304 e. The van der Waals surface area contributed by atoms with Crippen molar-refractivity contribution in [1.82, 2.24) is 14.5 Å². The van der Waals surface area contributed by atoms with Gasteiger partial charge in [0.1, 0.15) is 18.4 Å². The summed E-state index contributed by atoms with van der Waals surface area (Å²) in [6, 6.07) is 18.4. The second-order valence-corrected chi connectivity index (χ2v) is 13.5. The normalized spacial score (nSPS) is 14.5. The number of nitrogens with zero attached hydrogens (tertiary/aromatic N) is 3. The standard InChI is InChI=1S/C31H35Cl2FN4O4S/c1-36(2)43(41,42)38(28-18-9-8-17-27(28)34)21-30(39)37(20-24-25(32)15-10-16-26(24)33)29(19-22-11-4-3-5-12-22)31(40)35-23-13-6-7-14-23/h3-5,8-12,15-18,23,29H,6-7,13-14,19-21H2,1-2H3,(H,35,40). The fourth-order valence-corrected chi connectivity index (χ4v) is 6.71. The van der Waals surface area contributed by atoms with E-state index < -0.39 is 34.5 Å². The Morgan fingerprint density at radius 3 is 2.14 bits per heavy atom. The van der Waals surface area contributed by atoms with Gasteiger partial charge in [0.05, 0.1) is 5.69 Å². The average Bonchev–Trinajstić information content (AvgIpc) is 3.48. The van der Waals surface area contributed by atoms with Gasteiger partial charge in [0.25, 0.3) is 0 Å². The van der Waals surface area contributed by atoms with Crippen LogP contribution in [0.1, 0.15) is 36.8 Å². The lowest BCUT2D eigenvalue weighted by molar-refractivity contribution is -0.140. The van der Waals surface area contributed by atoms with Gasteiger partial charge in [0, 0.05) is 48.7 Å². The lowest BCUT2D eigenvalue weighted by Crippen LogP contribution is -2.55. The third kappa shape index (κ3) is 8.06. The van der Waals surface area contributed by atoms with Gasteiger partial charge in [-0.2, -0.15) is 12.7 Å². The molecular weight excluding hydrogens is 614 g/mol. The van der Waals surface area contributed by atoms with Crippen LogP contribution in [0.3, 0.4) is 0 Å². The van der Waals surface area contributed by atoms with Crippen molar-refractivity contribution in [3.05, 3.63) is 99.8 Å².